The minimum atomic E-state index is -0.252. The number of nitrogens with zero attached hydrogens (tertiary/aromatic N) is 3. The summed E-state index contributed by atoms with van der Waals surface area (Å²) in [5.41, 5.74) is 6.54. The van der Waals surface area contributed by atoms with Crippen molar-refractivity contribution in [1.82, 2.24) is 25.4 Å². The molecule has 1 fully saturated rings. The Morgan fingerprint density at radius 3 is 3.00 bits per heavy atom. The minimum Gasteiger partial charge on any atom is -0.496 e. The van der Waals surface area contributed by atoms with Crippen LogP contribution in [0.5, 0.6) is 5.75 Å². The number of piperidine rings is 1. The maximum atomic E-state index is 12.8. The number of aromatic nitrogens is 3. The van der Waals surface area contributed by atoms with Crippen molar-refractivity contribution in [2.45, 2.75) is 30.1 Å². The fourth-order valence-electron chi connectivity index (χ4n) is 3.47. The number of benzene rings is 1. The fraction of sp³-hybridized carbons (Fsp3) is 0.526. The number of H-pyrrole nitrogens is 1. The number of ether oxygens (including phenoxy) is 2. The molecule has 0 radical (unpaired) electrons. The molecule has 1 aliphatic heterocycles. The lowest BCUT2D eigenvalue weighted by molar-refractivity contribution is 0.00655. The summed E-state index contributed by atoms with van der Waals surface area (Å²) in [5.74, 6) is 1.10. The minimum absolute atomic E-state index is 0.0941. The van der Waals surface area contributed by atoms with Crippen LogP contribution in [0.25, 0.3) is 0 Å². The second-order valence-electron chi connectivity index (χ2n) is 7.01. The van der Waals surface area contributed by atoms with Crippen molar-refractivity contribution in [3.8, 4) is 5.75 Å². The summed E-state index contributed by atoms with van der Waals surface area (Å²) in [4.78, 5) is 19.3. The highest BCUT2D eigenvalue weighted by Gasteiger charge is 2.31. The van der Waals surface area contributed by atoms with E-state index in [-0.39, 0.29) is 18.1 Å². The number of nitrogen functional groups attached to an aromatic ring is 1. The smallest absolute Gasteiger partial charge is 0.255 e. The number of aromatic amines is 1. The number of methoxy groups -OCH3 is 2. The molecule has 0 saturated carbocycles. The number of nitrogens with two attached hydrogens (primary N) is 1. The van der Waals surface area contributed by atoms with E-state index < -0.39 is 0 Å². The Balaban J connectivity index is 1.51. The Morgan fingerprint density at radius 2 is 2.30 bits per heavy atom. The molecule has 1 saturated heterocycles. The molecule has 11 heteroatoms. The van der Waals surface area contributed by atoms with Gasteiger partial charge in [-0.25, -0.2) is 4.98 Å². The second kappa shape index (κ2) is 10.9. The van der Waals surface area contributed by atoms with Gasteiger partial charge in [0.25, 0.3) is 5.91 Å². The molecular formula is C19H27ClN6O3S. The predicted molar refractivity (Wildman–Crippen MR) is 117 cm³/mol. The molecule has 2 heterocycles. The number of hydrogen-bond acceptors (Lipinski definition) is 8. The maximum absolute atomic E-state index is 12.8. The third kappa shape index (κ3) is 5.78. The van der Waals surface area contributed by atoms with Crippen LogP contribution in [0.2, 0.25) is 5.02 Å². The highest BCUT2D eigenvalue weighted by Crippen LogP contribution is 2.29. The van der Waals surface area contributed by atoms with Gasteiger partial charge in [0.2, 0.25) is 0 Å². The molecule has 0 bridgehead atoms. The van der Waals surface area contributed by atoms with E-state index in [1.807, 2.05) is 0 Å². The number of halogens is 1. The van der Waals surface area contributed by atoms with Gasteiger partial charge in [-0.1, -0.05) is 23.4 Å². The van der Waals surface area contributed by atoms with Gasteiger partial charge in [0.15, 0.2) is 5.16 Å². The van der Waals surface area contributed by atoms with Crippen molar-refractivity contribution in [3.05, 3.63) is 29.0 Å². The van der Waals surface area contributed by atoms with Crippen molar-refractivity contribution in [3.63, 3.8) is 0 Å². The quantitative estimate of drug-likeness (QED) is 0.299. The van der Waals surface area contributed by atoms with Gasteiger partial charge in [-0.3, -0.25) is 9.89 Å². The Kier molecular flexibility index (Phi) is 8.20. The number of carbonyl (C=O) groups excluding carboxylic acids is 1. The van der Waals surface area contributed by atoms with Crippen LogP contribution in [0.1, 0.15) is 23.2 Å². The third-order valence-electron chi connectivity index (χ3n) is 5.08. The van der Waals surface area contributed by atoms with E-state index in [0.29, 0.717) is 22.0 Å². The first-order valence-corrected chi connectivity index (χ1v) is 11.0. The number of anilines is 1. The zero-order valence-electron chi connectivity index (χ0n) is 17.1. The number of amides is 1. The Hall–Kier alpha value is -2.01. The van der Waals surface area contributed by atoms with E-state index in [1.54, 1.807) is 24.9 Å². The molecular weight excluding hydrogens is 428 g/mol. The average Bonchev–Trinajstić information content (AvgIpc) is 3.27. The molecule has 164 valence electrons. The van der Waals surface area contributed by atoms with Gasteiger partial charge in [-0.05, 0) is 25.5 Å². The highest BCUT2D eigenvalue weighted by molar-refractivity contribution is 7.99. The van der Waals surface area contributed by atoms with Crippen molar-refractivity contribution >= 4 is 35.0 Å². The lowest BCUT2D eigenvalue weighted by Gasteiger charge is -2.38. The highest BCUT2D eigenvalue weighted by atomic mass is 35.5. The van der Waals surface area contributed by atoms with Crippen molar-refractivity contribution in [2.24, 2.45) is 0 Å². The van der Waals surface area contributed by atoms with Gasteiger partial charge in [-0.15, -0.1) is 0 Å². The third-order valence-corrected chi connectivity index (χ3v) is 6.37. The molecule has 3 rings (SSSR count). The summed E-state index contributed by atoms with van der Waals surface area (Å²) in [7, 11) is 3.17. The molecule has 1 aromatic carbocycles. The van der Waals surface area contributed by atoms with Gasteiger partial charge < -0.3 is 25.4 Å². The first-order chi connectivity index (χ1) is 14.5. The zero-order valence-corrected chi connectivity index (χ0v) is 18.6. The molecule has 0 aliphatic carbocycles. The predicted octanol–water partition coefficient (Wildman–Crippen LogP) is 2.05. The maximum Gasteiger partial charge on any atom is 0.255 e. The van der Waals surface area contributed by atoms with E-state index in [2.05, 4.69) is 25.4 Å². The molecule has 2 aromatic rings. The molecule has 30 heavy (non-hydrogen) atoms. The van der Waals surface area contributed by atoms with E-state index in [4.69, 9.17) is 26.8 Å². The van der Waals surface area contributed by atoms with E-state index in [9.17, 15) is 4.79 Å². The lowest BCUT2D eigenvalue weighted by Crippen LogP contribution is -2.55. The van der Waals surface area contributed by atoms with Crippen LogP contribution < -0.4 is 15.8 Å². The molecule has 2 atom stereocenters. The number of likely N-dealkylation sites (tertiary alicyclic amines) is 1. The SMILES string of the molecule is COc1cc(N)c(Cl)cc1C(=O)N[C@@H]1CCN(CCCSc2ncn[nH]2)C[C@@H]1OC. The Morgan fingerprint density at radius 1 is 1.47 bits per heavy atom. The van der Waals surface area contributed by atoms with E-state index in [0.717, 1.165) is 43.4 Å². The largest absolute Gasteiger partial charge is 0.496 e. The number of rotatable bonds is 9. The fourth-order valence-corrected chi connectivity index (χ4v) is 4.34. The molecule has 0 spiro atoms. The molecule has 1 amide bonds. The number of carbonyl (C=O) groups is 1. The molecule has 4 N–H and O–H groups in total. The van der Waals surface area contributed by atoms with Crippen LogP contribution in [0.4, 0.5) is 5.69 Å². The first kappa shape index (κ1) is 22.7. The van der Waals surface area contributed by atoms with Crippen LogP contribution in [-0.4, -0.2) is 77.7 Å². The van der Waals surface area contributed by atoms with Crippen LogP contribution >= 0.6 is 23.4 Å². The van der Waals surface area contributed by atoms with Gasteiger partial charge in [0.05, 0.1) is 35.5 Å². The van der Waals surface area contributed by atoms with Crippen molar-refractivity contribution < 1.29 is 14.3 Å². The average molecular weight is 455 g/mol. The number of hydrogen-bond donors (Lipinski definition) is 3. The summed E-state index contributed by atoms with van der Waals surface area (Å²) in [6.45, 7) is 2.61. The van der Waals surface area contributed by atoms with Crippen molar-refractivity contribution in [1.29, 1.82) is 0 Å². The van der Waals surface area contributed by atoms with Crippen LogP contribution in [0, 0.1) is 0 Å². The zero-order chi connectivity index (χ0) is 21.5. The molecule has 0 unspecified atom stereocenters. The van der Waals surface area contributed by atoms with Gasteiger partial charge in [-0.2, -0.15) is 5.10 Å². The van der Waals surface area contributed by atoms with Crippen LogP contribution in [0.3, 0.4) is 0 Å². The number of thioether (sulfide) groups is 1. The van der Waals surface area contributed by atoms with E-state index in [1.165, 1.54) is 19.5 Å². The molecule has 1 aliphatic rings. The van der Waals surface area contributed by atoms with E-state index >= 15 is 0 Å². The van der Waals surface area contributed by atoms with Crippen molar-refractivity contribution in [2.75, 3.05) is 45.3 Å². The normalized spacial score (nSPS) is 19.6. The lowest BCUT2D eigenvalue weighted by atomic mass is 10.0. The standard InChI is InChI=1S/C19H27ClN6O3S/c1-28-16-9-14(21)13(20)8-12(16)18(27)24-15-4-6-26(10-17(15)29-2)5-3-7-30-19-22-11-23-25-19/h8-9,11,15,17H,3-7,10,21H2,1-2H3,(H,24,27)(H,22,23,25)/t15-,17+/m1/s1. The summed E-state index contributed by atoms with van der Waals surface area (Å²) in [6, 6.07) is 3.00. The second-order valence-corrected chi connectivity index (χ2v) is 8.50. The summed E-state index contributed by atoms with van der Waals surface area (Å²) in [6.07, 6.45) is 3.24. The topological polar surface area (TPSA) is 118 Å². The van der Waals surface area contributed by atoms with Gasteiger partial charge >= 0.3 is 0 Å². The number of nitrogens with one attached hydrogen (secondary N) is 2. The van der Waals surface area contributed by atoms with Gasteiger partial charge in [0.1, 0.15) is 12.1 Å². The first-order valence-electron chi connectivity index (χ1n) is 9.69. The van der Waals surface area contributed by atoms with Crippen LogP contribution in [-0.2, 0) is 4.74 Å². The monoisotopic (exact) mass is 454 g/mol. The summed E-state index contributed by atoms with van der Waals surface area (Å²) in [5, 5.41) is 10.9. The Bertz CT molecular complexity index is 838. The molecule has 9 nitrogen and oxygen atoms in total. The van der Waals surface area contributed by atoms with Gasteiger partial charge in [0, 0.05) is 32.0 Å². The molecule has 1 aromatic heterocycles. The Labute approximate surface area is 185 Å². The summed E-state index contributed by atoms with van der Waals surface area (Å²) < 4.78 is 11.0. The van der Waals surface area contributed by atoms with Crippen LogP contribution in [0.15, 0.2) is 23.6 Å². The summed E-state index contributed by atoms with van der Waals surface area (Å²) >= 11 is 7.75.